The van der Waals surface area contributed by atoms with E-state index in [9.17, 15) is 37.1 Å². The second-order valence-electron chi connectivity index (χ2n) is 13.9. The van der Waals surface area contributed by atoms with Crippen LogP contribution in [0.15, 0.2) is 156 Å². The average Bonchev–Trinajstić information content (AvgIpc) is 3.27. The number of para-hydroxylation sites is 4. The van der Waals surface area contributed by atoms with Crippen molar-refractivity contribution in [2.45, 2.75) is 63.4 Å². The van der Waals surface area contributed by atoms with Crippen LogP contribution >= 0.6 is 0 Å². The van der Waals surface area contributed by atoms with Crippen molar-refractivity contribution >= 4 is 77.1 Å². The molecule has 0 aliphatic heterocycles. The SMILES string of the molecule is CC(=O)O.CC(=O)O.CC(C)N(c1ccccc1-c1cccc[n+]1C(C)C)S(=O)(=O)c1ccccc1[N+](=O)[O-].O.O.O.O.O.O.O.O.O.O.O.O=[N+]([O-])c1ccccc1S(=O)(=O)Nc1ccccc1-c1ccccn1.S=S.[CH3-].[CH3-].[CH3-].[CH3-].[CH3-].[CH3-].[CH3-].[CH3-].[Ni+2].[Ni+2].[Ni+2].[Ni+2].[Ni]. The smallest absolute Gasteiger partial charge is 0.481 e. The first-order chi connectivity index (χ1) is 31.1. The third kappa shape index (κ3) is 46.9. The topological polar surface area (TPSA) is 608 Å². The van der Waals surface area contributed by atoms with E-state index in [0.29, 0.717) is 22.6 Å². The van der Waals surface area contributed by atoms with Gasteiger partial charge in [-0.2, -0.15) is 4.57 Å². The summed E-state index contributed by atoms with van der Waals surface area (Å²) in [6.07, 6.45) is 3.55. The van der Waals surface area contributed by atoms with Crippen LogP contribution in [0.2, 0.25) is 0 Å². The zero-order valence-corrected chi connectivity index (χ0v) is 59.6. The number of carboxylic acids is 2. The van der Waals surface area contributed by atoms with Crippen LogP contribution in [-0.4, -0.2) is 120 Å². The fourth-order valence-corrected chi connectivity index (χ4v) is 9.08. The molecule has 0 fully saturated rings. The van der Waals surface area contributed by atoms with Gasteiger partial charge in [-0.05, 0) is 76.2 Å². The van der Waals surface area contributed by atoms with E-state index < -0.39 is 64.1 Å². The van der Waals surface area contributed by atoms with Crippen LogP contribution in [0.3, 0.4) is 0 Å². The number of pyridine rings is 2. The van der Waals surface area contributed by atoms with Crippen molar-refractivity contribution in [3.63, 3.8) is 0 Å². The van der Waals surface area contributed by atoms with Crippen molar-refractivity contribution < 1.29 is 194 Å². The van der Waals surface area contributed by atoms with Gasteiger partial charge in [0.2, 0.25) is 5.69 Å². The summed E-state index contributed by atoms with van der Waals surface area (Å²) in [5.41, 5.74) is 2.58. The Labute approximate surface area is 591 Å². The zero-order valence-electron chi connectivity index (χ0n) is 51.4. The van der Waals surface area contributed by atoms with Crippen molar-refractivity contribution in [3.8, 4) is 22.5 Å². The number of nitrogens with zero attached hydrogens (tertiary/aromatic N) is 5. The van der Waals surface area contributed by atoms with Crippen molar-refractivity contribution in [1.29, 1.82) is 0 Å². The number of carbonyl (C=O) groups is 2. The molecule has 0 atom stereocenters. The number of benzene rings is 4. The predicted molar refractivity (Wildman–Crippen MR) is 346 cm³/mol. The van der Waals surface area contributed by atoms with Gasteiger partial charge in [0.1, 0.15) is 0 Å². The fourth-order valence-electron chi connectivity index (χ4n) is 5.99. The molecule has 0 aliphatic carbocycles. The summed E-state index contributed by atoms with van der Waals surface area (Å²) >= 11 is 7.33. The third-order valence-electron chi connectivity index (χ3n) is 8.40. The molecule has 0 bridgehead atoms. The number of nitrogens with one attached hydrogen (secondary N) is 1. The van der Waals surface area contributed by atoms with Gasteiger partial charge in [-0.3, -0.25) is 43.8 Å². The Kier molecular flexibility index (Phi) is 132. The molecule has 38 heteroatoms. The van der Waals surface area contributed by atoms with Gasteiger partial charge in [0.15, 0.2) is 22.0 Å². The van der Waals surface area contributed by atoms with Gasteiger partial charge in [-0.1, -0.05) is 60.7 Å². The van der Waals surface area contributed by atoms with E-state index in [1.54, 1.807) is 74.6 Å². The van der Waals surface area contributed by atoms with E-state index in [4.69, 9.17) is 19.8 Å². The Morgan fingerprint density at radius 1 is 0.533 bits per heavy atom. The molecule has 0 unspecified atom stereocenters. The van der Waals surface area contributed by atoms with Gasteiger partial charge in [0, 0.05) is 94.8 Å². The van der Waals surface area contributed by atoms with Gasteiger partial charge in [0.05, 0.1) is 32.5 Å². The number of nitro groups is 2. The van der Waals surface area contributed by atoms with E-state index in [-0.39, 0.29) is 213 Å². The van der Waals surface area contributed by atoms with Crippen molar-refractivity contribution in [2.75, 3.05) is 9.03 Å². The molecule has 0 amide bonds. The summed E-state index contributed by atoms with van der Waals surface area (Å²) in [6, 6.07) is 35.3. The summed E-state index contributed by atoms with van der Waals surface area (Å²) < 4.78 is 58.5. The van der Waals surface area contributed by atoms with Crippen LogP contribution in [-0.2, 0) is 134 Å². The molecule has 0 saturated carbocycles. The Bertz CT molecular complexity index is 2870. The molecule has 0 saturated heterocycles. The van der Waals surface area contributed by atoms with E-state index in [1.807, 2.05) is 36.5 Å². The minimum absolute atomic E-state index is 0. The number of hydrogen-bond acceptors (Lipinski definition) is 13. The molecular weight excluding hydrogens is 1500 g/mol. The Balaban J connectivity index is -0.0000000337. The van der Waals surface area contributed by atoms with Crippen LogP contribution < -0.4 is 13.6 Å². The molecule has 6 aromatic rings. The minimum Gasteiger partial charge on any atom is -0.481 e. The number of rotatable bonds is 12. The number of anilines is 2. The Morgan fingerprint density at radius 2 is 0.867 bits per heavy atom. The molecule has 2 heterocycles. The Morgan fingerprint density at radius 3 is 1.24 bits per heavy atom. The van der Waals surface area contributed by atoms with E-state index in [2.05, 4.69) is 50.5 Å². The number of hydrogen-bond donors (Lipinski definition) is 3. The standard InChI is InChI=1S/C23H26N3O4S.C17H13N3O4S.2C2H4O2.8CH3.5Ni.11H2O.S2/c1-17(2)24-16-10-9-12-20(24)19-11-5-6-13-21(19)25(18(3)4)31(29,30)23-15-8-7-14-22(23)26(27)28;21-20(22)16-10-3-4-11-17(16)25(23,24)19-15-9-2-1-7-13(15)14-8-5-6-12-18-14;2*1-2(3)4;;;;;;;;;;;;;;;;;;;;;;;;;1-2/h5-18H,1-4H3;1-12,19H;2*1H3,(H,3,4);8*1H3;;;;;;11*1H2;/q+1;;;;8*-1;;4*+2;;;;;;;;;;;;. The van der Waals surface area contributed by atoms with Crippen LogP contribution in [0.5, 0.6) is 0 Å². The maximum Gasteiger partial charge on any atom is 2.00 e. The van der Waals surface area contributed by atoms with Crippen molar-refractivity contribution in [1.82, 2.24) is 4.98 Å². The monoisotopic (exact) mass is 1590 g/mol. The van der Waals surface area contributed by atoms with Crippen molar-refractivity contribution in [3.05, 3.63) is 225 Å². The molecule has 2 aromatic heterocycles. The molecule has 0 spiro atoms. The summed E-state index contributed by atoms with van der Waals surface area (Å²) in [6.45, 7) is 9.78. The molecule has 542 valence electrons. The molecule has 90 heavy (non-hydrogen) atoms. The predicted octanol–water partition coefficient (Wildman–Crippen LogP) is 2.89. The van der Waals surface area contributed by atoms with Gasteiger partial charge >= 0.3 is 66.0 Å². The molecule has 25 N–H and O–H groups in total. The van der Waals surface area contributed by atoms with Gasteiger partial charge < -0.3 is 130 Å². The second kappa shape index (κ2) is 76.3. The van der Waals surface area contributed by atoms with E-state index in [0.717, 1.165) is 31.2 Å². The first-order valence-corrected chi connectivity index (χ1v) is 23.6. The third-order valence-corrected chi connectivity index (χ3v) is 11.8. The Hall–Kier alpha value is -5.11. The first kappa shape index (κ1) is 156. The quantitative estimate of drug-likeness (QED) is 0.0521. The molecule has 29 nitrogen and oxygen atoms in total. The molecular formula is C52H93N6Ni5O23S4+. The maximum absolute atomic E-state index is 13.7. The maximum atomic E-state index is 13.7. The number of carboxylic acid groups (broad SMARTS) is 2. The summed E-state index contributed by atoms with van der Waals surface area (Å²) in [4.78, 5) is 42.7. The van der Waals surface area contributed by atoms with Crippen LogP contribution in [0.4, 0.5) is 22.7 Å². The van der Waals surface area contributed by atoms with Crippen LogP contribution in [0.25, 0.3) is 22.5 Å². The van der Waals surface area contributed by atoms with E-state index >= 15 is 0 Å². The van der Waals surface area contributed by atoms with Crippen LogP contribution in [0, 0.1) is 79.6 Å². The number of aliphatic carboxylic acids is 2. The first-order valence-electron chi connectivity index (χ1n) is 19.3. The number of nitro benzene ring substituents is 2. The number of sulfonamides is 2. The average molecular weight is 1590 g/mol. The minimum atomic E-state index is -4.21. The fraction of sp³-hybridized carbons (Fsp3) is 0.154. The normalized spacial score (nSPS) is 7.69. The second-order valence-corrected chi connectivity index (χ2v) is 17.3. The van der Waals surface area contributed by atoms with Gasteiger partial charge in [0.25, 0.3) is 43.4 Å². The molecule has 0 aliphatic rings. The van der Waals surface area contributed by atoms with Crippen molar-refractivity contribution in [2.24, 2.45) is 0 Å². The number of aromatic nitrogens is 2. The largest absolute Gasteiger partial charge is 2.00 e. The molecule has 4 aromatic carbocycles. The van der Waals surface area contributed by atoms with E-state index in [1.165, 1.54) is 46.8 Å². The molecule has 0 radical (unpaired) electrons. The zero-order chi connectivity index (χ0) is 49.8. The molecule has 6 rings (SSSR count). The van der Waals surface area contributed by atoms with Crippen LogP contribution in [0.1, 0.15) is 47.6 Å². The summed E-state index contributed by atoms with van der Waals surface area (Å²) in [7, 11) is -8.35. The summed E-state index contributed by atoms with van der Waals surface area (Å²) in [5, 5.41) is 37.5. The van der Waals surface area contributed by atoms with Gasteiger partial charge in [-0.25, -0.2) is 16.8 Å². The summed E-state index contributed by atoms with van der Waals surface area (Å²) in [5.74, 6) is -1.67. The van der Waals surface area contributed by atoms with Gasteiger partial charge in [-0.15, -0.1) is 0 Å².